The Morgan fingerprint density at radius 1 is 1.44 bits per heavy atom. The van der Waals surface area contributed by atoms with E-state index in [1.807, 2.05) is 6.92 Å². The third kappa shape index (κ3) is 2.24. The summed E-state index contributed by atoms with van der Waals surface area (Å²) < 4.78 is 6.83. The van der Waals surface area contributed by atoms with Crippen molar-refractivity contribution in [1.29, 1.82) is 0 Å². The highest BCUT2D eigenvalue weighted by molar-refractivity contribution is 6.31. The molecule has 2 aromatic rings. The highest BCUT2D eigenvalue weighted by atomic mass is 35.5. The maximum Gasteiger partial charge on any atom is 0.214 e. The molecule has 94 valence electrons. The molecule has 1 heterocycles. The minimum atomic E-state index is -0.122. The zero-order valence-electron chi connectivity index (χ0n) is 10.2. The molecule has 0 bridgehead atoms. The molecule has 1 aromatic heterocycles. The van der Waals surface area contributed by atoms with E-state index in [1.165, 1.54) is 7.11 Å². The Kier molecular flexibility index (Phi) is 3.67. The molecule has 0 aliphatic rings. The third-order valence-electron chi connectivity index (χ3n) is 2.66. The van der Waals surface area contributed by atoms with E-state index >= 15 is 0 Å². The van der Waals surface area contributed by atoms with E-state index < -0.39 is 0 Å². The first-order valence-corrected chi connectivity index (χ1v) is 5.95. The molecule has 0 aliphatic carbocycles. The lowest BCUT2D eigenvalue weighted by molar-refractivity contribution is 0.102. The van der Waals surface area contributed by atoms with Gasteiger partial charge in [-0.15, -0.1) is 0 Å². The van der Waals surface area contributed by atoms with Crippen LogP contribution in [0.25, 0.3) is 0 Å². The van der Waals surface area contributed by atoms with Gasteiger partial charge in [-0.2, -0.15) is 5.10 Å². The second-order valence-corrected chi connectivity index (χ2v) is 4.14. The summed E-state index contributed by atoms with van der Waals surface area (Å²) in [5, 5.41) is 4.62. The molecule has 0 amide bonds. The van der Waals surface area contributed by atoms with Gasteiger partial charge in [0.1, 0.15) is 11.4 Å². The van der Waals surface area contributed by atoms with Crippen molar-refractivity contribution >= 4 is 17.4 Å². The highest BCUT2D eigenvalue weighted by Crippen LogP contribution is 2.25. The molecule has 1 aromatic carbocycles. The molecule has 5 heteroatoms. The number of halogens is 1. The molecule has 0 unspecified atom stereocenters. The first kappa shape index (κ1) is 12.6. The second kappa shape index (κ2) is 5.23. The van der Waals surface area contributed by atoms with Crippen LogP contribution in [-0.4, -0.2) is 22.7 Å². The monoisotopic (exact) mass is 264 g/mol. The Labute approximate surface area is 110 Å². The molecule has 0 saturated carbocycles. The first-order valence-electron chi connectivity index (χ1n) is 5.57. The van der Waals surface area contributed by atoms with E-state index in [1.54, 1.807) is 35.1 Å². The lowest BCUT2D eigenvalue weighted by Gasteiger charge is -2.09. The van der Waals surface area contributed by atoms with Gasteiger partial charge in [0.25, 0.3) is 0 Å². The number of benzene rings is 1. The minimum Gasteiger partial charge on any atom is -0.496 e. The molecule has 4 nitrogen and oxygen atoms in total. The second-order valence-electron chi connectivity index (χ2n) is 3.71. The summed E-state index contributed by atoms with van der Waals surface area (Å²) in [5.74, 6) is 0.346. The number of ketones is 1. The van der Waals surface area contributed by atoms with E-state index in [2.05, 4.69) is 5.10 Å². The summed E-state index contributed by atoms with van der Waals surface area (Å²) in [7, 11) is 1.51. The predicted octanol–water partition coefficient (Wildman–Crippen LogP) is 2.80. The Bertz CT molecular complexity index is 578. The van der Waals surface area contributed by atoms with Gasteiger partial charge in [-0.05, 0) is 31.2 Å². The van der Waals surface area contributed by atoms with Crippen LogP contribution in [-0.2, 0) is 6.54 Å². The number of ether oxygens (including phenoxy) is 1. The predicted molar refractivity (Wildman–Crippen MR) is 69.3 cm³/mol. The van der Waals surface area contributed by atoms with Gasteiger partial charge >= 0.3 is 0 Å². The minimum absolute atomic E-state index is 0.122. The molecule has 0 spiro atoms. The fourth-order valence-corrected chi connectivity index (χ4v) is 1.93. The summed E-state index contributed by atoms with van der Waals surface area (Å²) in [6, 6.07) is 6.65. The maximum absolute atomic E-state index is 12.4. The van der Waals surface area contributed by atoms with Gasteiger partial charge in [-0.1, -0.05) is 11.6 Å². The van der Waals surface area contributed by atoms with Crippen molar-refractivity contribution in [1.82, 2.24) is 9.78 Å². The van der Waals surface area contributed by atoms with Crippen LogP contribution in [0.15, 0.2) is 30.5 Å². The van der Waals surface area contributed by atoms with Crippen LogP contribution in [0.3, 0.4) is 0 Å². The fraction of sp³-hybridized carbons (Fsp3) is 0.231. The number of carbonyl (C=O) groups is 1. The van der Waals surface area contributed by atoms with Crippen LogP contribution in [0, 0.1) is 0 Å². The first-order chi connectivity index (χ1) is 8.67. The van der Waals surface area contributed by atoms with Gasteiger partial charge in [-0.3, -0.25) is 9.48 Å². The Morgan fingerprint density at radius 3 is 2.89 bits per heavy atom. The van der Waals surface area contributed by atoms with E-state index in [0.29, 0.717) is 28.6 Å². The summed E-state index contributed by atoms with van der Waals surface area (Å²) in [6.07, 6.45) is 1.61. The standard InChI is InChI=1S/C13H13ClN2O2/c1-3-16-11(6-7-15-16)13(17)10-5-4-9(14)8-12(10)18-2/h4-8H,3H2,1-2H3. The van der Waals surface area contributed by atoms with Crippen molar-refractivity contribution < 1.29 is 9.53 Å². The molecule has 0 saturated heterocycles. The lowest BCUT2D eigenvalue weighted by Crippen LogP contribution is -2.11. The molecule has 2 rings (SSSR count). The van der Waals surface area contributed by atoms with Crippen molar-refractivity contribution in [3.63, 3.8) is 0 Å². The summed E-state index contributed by atoms with van der Waals surface area (Å²) in [6.45, 7) is 2.58. The maximum atomic E-state index is 12.4. The van der Waals surface area contributed by atoms with Crippen LogP contribution in [0.5, 0.6) is 5.75 Å². The Morgan fingerprint density at radius 2 is 2.22 bits per heavy atom. The molecule has 0 N–H and O–H groups in total. The zero-order valence-corrected chi connectivity index (χ0v) is 10.9. The van der Waals surface area contributed by atoms with Crippen LogP contribution < -0.4 is 4.74 Å². The number of aromatic nitrogens is 2. The van der Waals surface area contributed by atoms with Crippen LogP contribution in [0.2, 0.25) is 5.02 Å². The molecular formula is C13H13ClN2O2. The molecule has 0 radical (unpaired) electrons. The smallest absolute Gasteiger partial charge is 0.214 e. The van der Waals surface area contributed by atoms with Crippen LogP contribution in [0.1, 0.15) is 23.0 Å². The SMILES string of the molecule is CCn1nccc1C(=O)c1ccc(Cl)cc1OC. The summed E-state index contributed by atoms with van der Waals surface area (Å²) >= 11 is 5.87. The third-order valence-corrected chi connectivity index (χ3v) is 2.89. The largest absolute Gasteiger partial charge is 0.496 e. The normalized spacial score (nSPS) is 10.4. The van der Waals surface area contributed by atoms with E-state index in [-0.39, 0.29) is 5.78 Å². The topological polar surface area (TPSA) is 44.1 Å². The number of aryl methyl sites for hydroxylation is 1. The molecule has 18 heavy (non-hydrogen) atoms. The quantitative estimate of drug-likeness (QED) is 0.798. The highest BCUT2D eigenvalue weighted by Gasteiger charge is 2.18. The van der Waals surface area contributed by atoms with Crippen molar-refractivity contribution in [2.75, 3.05) is 7.11 Å². The molecule has 0 atom stereocenters. The van der Waals surface area contributed by atoms with Crippen LogP contribution in [0.4, 0.5) is 0 Å². The van der Waals surface area contributed by atoms with Gasteiger partial charge in [0.2, 0.25) is 5.78 Å². The average molecular weight is 265 g/mol. The fourth-order valence-electron chi connectivity index (χ4n) is 1.77. The van der Waals surface area contributed by atoms with Crippen molar-refractivity contribution in [3.8, 4) is 5.75 Å². The summed E-state index contributed by atoms with van der Waals surface area (Å²) in [4.78, 5) is 12.4. The van der Waals surface area contributed by atoms with Crippen molar-refractivity contribution in [2.24, 2.45) is 0 Å². The molecule has 0 fully saturated rings. The molecular weight excluding hydrogens is 252 g/mol. The van der Waals surface area contributed by atoms with E-state index in [9.17, 15) is 4.79 Å². The van der Waals surface area contributed by atoms with Crippen molar-refractivity contribution in [2.45, 2.75) is 13.5 Å². The average Bonchev–Trinajstić information content (AvgIpc) is 2.86. The van der Waals surface area contributed by atoms with E-state index in [0.717, 1.165) is 0 Å². The number of carbonyl (C=O) groups excluding carboxylic acids is 1. The van der Waals surface area contributed by atoms with Gasteiger partial charge in [-0.25, -0.2) is 0 Å². The molecule has 0 aliphatic heterocycles. The van der Waals surface area contributed by atoms with Gasteiger partial charge in [0, 0.05) is 17.8 Å². The number of nitrogens with zero attached hydrogens (tertiary/aromatic N) is 2. The number of hydrogen-bond acceptors (Lipinski definition) is 3. The lowest BCUT2D eigenvalue weighted by atomic mass is 10.1. The van der Waals surface area contributed by atoms with E-state index in [4.69, 9.17) is 16.3 Å². The van der Waals surface area contributed by atoms with Gasteiger partial charge in [0.05, 0.1) is 12.7 Å². The summed E-state index contributed by atoms with van der Waals surface area (Å²) in [5.41, 5.74) is 1.02. The number of rotatable bonds is 4. The van der Waals surface area contributed by atoms with Crippen LogP contribution >= 0.6 is 11.6 Å². The Hall–Kier alpha value is -1.81. The number of methoxy groups -OCH3 is 1. The number of hydrogen-bond donors (Lipinski definition) is 0. The Balaban J connectivity index is 2.46. The zero-order chi connectivity index (χ0) is 13.1. The van der Waals surface area contributed by atoms with Gasteiger partial charge < -0.3 is 4.74 Å². The van der Waals surface area contributed by atoms with Crippen molar-refractivity contribution in [3.05, 3.63) is 46.7 Å². The van der Waals surface area contributed by atoms with Gasteiger partial charge in [0.15, 0.2) is 0 Å².